The minimum absolute atomic E-state index is 0.115. The Labute approximate surface area is 208 Å². The van der Waals surface area contributed by atoms with Gasteiger partial charge in [0.15, 0.2) is 0 Å². The molecule has 0 aliphatic carbocycles. The summed E-state index contributed by atoms with van der Waals surface area (Å²) < 4.78 is 5.47. The summed E-state index contributed by atoms with van der Waals surface area (Å²) in [4.78, 5) is 32.4. The zero-order chi connectivity index (χ0) is 26.6. The molecule has 0 radical (unpaired) electrons. The summed E-state index contributed by atoms with van der Waals surface area (Å²) in [5.41, 5.74) is 1.48. The van der Waals surface area contributed by atoms with Gasteiger partial charge >= 0.3 is 17.9 Å². The first-order valence-electron chi connectivity index (χ1n) is 11.5. The van der Waals surface area contributed by atoms with Crippen molar-refractivity contribution in [2.45, 2.75) is 59.0 Å². The van der Waals surface area contributed by atoms with Crippen molar-refractivity contribution in [3.8, 4) is 0 Å². The SMILES string of the molecule is CO[C@H](C/C=C/C=C/CC/C=C/C[C@H](C)/C=C/C(=C\C(=O)O)CC(=O)O)/C(C)=C/C=C(\C)C(=O)O. The van der Waals surface area contributed by atoms with Crippen molar-refractivity contribution in [1.29, 1.82) is 0 Å². The average molecular weight is 487 g/mol. The molecular formula is C28H38O7. The number of hydrogen-bond acceptors (Lipinski definition) is 4. The first-order valence-corrected chi connectivity index (χ1v) is 11.5. The van der Waals surface area contributed by atoms with Gasteiger partial charge in [0.25, 0.3) is 0 Å². The van der Waals surface area contributed by atoms with Crippen LogP contribution < -0.4 is 0 Å². The number of allylic oxidation sites excluding steroid dienone is 9. The van der Waals surface area contributed by atoms with Gasteiger partial charge in [0.2, 0.25) is 0 Å². The second kappa shape index (κ2) is 18.9. The van der Waals surface area contributed by atoms with Gasteiger partial charge in [-0.25, -0.2) is 9.59 Å². The van der Waals surface area contributed by atoms with E-state index in [9.17, 15) is 14.4 Å². The second-order valence-corrected chi connectivity index (χ2v) is 8.13. The number of carboxylic acids is 3. The molecule has 0 saturated heterocycles. The van der Waals surface area contributed by atoms with Gasteiger partial charge < -0.3 is 20.1 Å². The van der Waals surface area contributed by atoms with Crippen LogP contribution in [0.4, 0.5) is 0 Å². The Kier molecular flexibility index (Phi) is 17.1. The zero-order valence-electron chi connectivity index (χ0n) is 21.0. The molecule has 0 spiro atoms. The molecule has 0 aromatic rings. The van der Waals surface area contributed by atoms with Crippen molar-refractivity contribution >= 4 is 17.9 Å². The molecule has 0 bridgehead atoms. The molecule has 0 rings (SSSR count). The van der Waals surface area contributed by atoms with Crippen LogP contribution in [-0.2, 0) is 19.1 Å². The number of ether oxygens (including phenoxy) is 1. The van der Waals surface area contributed by atoms with Gasteiger partial charge in [0, 0.05) is 18.8 Å². The summed E-state index contributed by atoms with van der Waals surface area (Å²) in [6.45, 7) is 5.44. The van der Waals surface area contributed by atoms with Gasteiger partial charge in [-0.15, -0.1) is 0 Å². The molecular weight excluding hydrogens is 448 g/mol. The molecule has 0 aromatic heterocycles. The van der Waals surface area contributed by atoms with Gasteiger partial charge in [0.1, 0.15) is 0 Å². The number of rotatable bonds is 17. The van der Waals surface area contributed by atoms with Crippen molar-refractivity contribution in [2.24, 2.45) is 5.92 Å². The monoisotopic (exact) mass is 486 g/mol. The highest BCUT2D eigenvalue weighted by molar-refractivity contribution is 5.86. The molecule has 7 nitrogen and oxygen atoms in total. The summed E-state index contributed by atoms with van der Waals surface area (Å²) in [5, 5.41) is 26.6. The maximum atomic E-state index is 10.9. The van der Waals surface area contributed by atoms with Gasteiger partial charge in [-0.05, 0) is 56.6 Å². The fraction of sp³-hybridized carbons (Fsp3) is 0.393. The fourth-order valence-corrected chi connectivity index (χ4v) is 2.84. The molecule has 3 N–H and O–H groups in total. The minimum Gasteiger partial charge on any atom is -0.481 e. The molecule has 0 saturated carbocycles. The van der Waals surface area contributed by atoms with Crippen LogP contribution in [0, 0.1) is 5.92 Å². The van der Waals surface area contributed by atoms with E-state index in [0.717, 1.165) is 30.9 Å². The highest BCUT2D eigenvalue weighted by Gasteiger charge is 2.07. The predicted octanol–water partition coefficient (Wildman–Crippen LogP) is 5.89. The fourth-order valence-electron chi connectivity index (χ4n) is 2.84. The Bertz CT molecular complexity index is 898. The van der Waals surface area contributed by atoms with Crippen LogP contribution in [0.5, 0.6) is 0 Å². The standard InChI is InChI=1S/C28H38O7/c1-21(15-18-24(19-26(29)30)20-27(31)32)13-11-9-7-5-6-8-10-12-14-25(35-4)22(2)16-17-23(3)28(33)34/h6,8-12,15-19,21,25H,5,7,13-14,20H2,1-4H3,(H,29,30)(H,31,32)(H,33,34)/b8-6+,11-9+,12-10+,18-15+,22-16+,23-17+,24-19+/t21-,25+/m0/s1. The third kappa shape index (κ3) is 17.7. The molecule has 0 heterocycles. The van der Waals surface area contributed by atoms with Gasteiger partial charge in [-0.1, -0.05) is 67.7 Å². The Morgan fingerprint density at radius 3 is 2.14 bits per heavy atom. The smallest absolute Gasteiger partial charge is 0.331 e. The summed E-state index contributed by atoms with van der Waals surface area (Å²) >= 11 is 0. The summed E-state index contributed by atoms with van der Waals surface area (Å²) in [5.74, 6) is -3.01. The van der Waals surface area contributed by atoms with Crippen molar-refractivity contribution in [3.63, 3.8) is 0 Å². The Hall–Kier alpha value is -3.45. The maximum absolute atomic E-state index is 10.9. The van der Waals surface area contributed by atoms with E-state index in [2.05, 4.69) is 18.2 Å². The molecule has 35 heavy (non-hydrogen) atoms. The lowest BCUT2D eigenvalue weighted by Crippen LogP contribution is -2.10. The Morgan fingerprint density at radius 1 is 0.886 bits per heavy atom. The van der Waals surface area contributed by atoms with E-state index >= 15 is 0 Å². The van der Waals surface area contributed by atoms with Crippen LogP contribution in [0.1, 0.15) is 52.9 Å². The molecule has 0 fully saturated rings. The third-order valence-electron chi connectivity index (χ3n) is 4.94. The average Bonchev–Trinajstić information content (AvgIpc) is 2.78. The van der Waals surface area contributed by atoms with Crippen molar-refractivity contribution in [3.05, 3.63) is 83.6 Å². The number of carboxylic acid groups (broad SMARTS) is 3. The minimum atomic E-state index is -1.16. The number of hydrogen-bond donors (Lipinski definition) is 3. The Balaban J connectivity index is 4.41. The highest BCUT2D eigenvalue weighted by Crippen LogP contribution is 2.12. The van der Waals surface area contributed by atoms with E-state index < -0.39 is 17.9 Å². The lowest BCUT2D eigenvalue weighted by atomic mass is 10.0. The molecule has 0 amide bonds. The van der Waals surface area contributed by atoms with E-state index in [1.54, 1.807) is 32.3 Å². The predicted molar refractivity (Wildman–Crippen MR) is 138 cm³/mol. The normalized spacial score (nSPS) is 15.5. The maximum Gasteiger partial charge on any atom is 0.331 e. The highest BCUT2D eigenvalue weighted by atomic mass is 16.5. The topological polar surface area (TPSA) is 121 Å². The molecule has 0 aliphatic heterocycles. The van der Waals surface area contributed by atoms with Crippen LogP contribution in [-0.4, -0.2) is 46.4 Å². The van der Waals surface area contributed by atoms with E-state index in [1.807, 2.05) is 38.2 Å². The van der Waals surface area contributed by atoms with Crippen LogP contribution in [0.25, 0.3) is 0 Å². The molecule has 0 aliphatic rings. The van der Waals surface area contributed by atoms with Gasteiger partial charge in [-0.2, -0.15) is 0 Å². The molecule has 0 aromatic carbocycles. The quantitative estimate of drug-likeness (QED) is 0.101. The zero-order valence-corrected chi connectivity index (χ0v) is 21.0. The largest absolute Gasteiger partial charge is 0.481 e. The number of methoxy groups -OCH3 is 1. The van der Waals surface area contributed by atoms with Crippen LogP contribution in [0.3, 0.4) is 0 Å². The van der Waals surface area contributed by atoms with E-state index in [0.29, 0.717) is 6.42 Å². The lowest BCUT2D eigenvalue weighted by molar-refractivity contribution is -0.136. The summed E-state index contributed by atoms with van der Waals surface area (Å²) in [7, 11) is 1.63. The van der Waals surface area contributed by atoms with Crippen molar-refractivity contribution in [2.75, 3.05) is 7.11 Å². The van der Waals surface area contributed by atoms with Crippen LogP contribution in [0.15, 0.2) is 83.6 Å². The molecule has 0 unspecified atom stereocenters. The first kappa shape index (κ1) is 31.6. The third-order valence-corrected chi connectivity index (χ3v) is 4.94. The Morgan fingerprint density at radius 2 is 1.54 bits per heavy atom. The molecule has 7 heteroatoms. The second-order valence-electron chi connectivity index (χ2n) is 8.13. The van der Waals surface area contributed by atoms with E-state index in [1.165, 1.54) is 0 Å². The molecule has 2 atom stereocenters. The van der Waals surface area contributed by atoms with E-state index in [-0.39, 0.29) is 29.6 Å². The van der Waals surface area contributed by atoms with Crippen LogP contribution >= 0.6 is 0 Å². The summed E-state index contributed by atoms with van der Waals surface area (Å²) in [6.07, 6.45) is 22.6. The number of carbonyl (C=O) groups is 3. The van der Waals surface area contributed by atoms with Crippen LogP contribution in [0.2, 0.25) is 0 Å². The molecule has 192 valence electrons. The number of aliphatic carboxylic acids is 3. The van der Waals surface area contributed by atoms with Gasteiger partial charge in [0.05, 0.1) is 12.5 Å². The van der Waals surface area contributed by atoms with Crippen molar-refractivity contribution < 1.29 is 34.4 Å². The van der Waals surface area contributed by atoms with Crippen molar-refractivity contribution in [1.82, 2.24) is 0 Å². The number of unbranched alkanes of at least 4 members (excludes halogenated alkanes) is 1. The lowest BCUT2D eigenvalue weighted by Gasteiger charge is -2.13. The summed E-state index contributed by atoms with van der Waals surface area (Å²) in [6, 6.07) is 0. The van der Waals surface area contributed by atoms with Gasteiger partial charge in [-0.3, -0.25) is 4.79 Å². The van der Waals surface area contributed by atoms with E-state index in [4.69, 9.17) is 20.1 Å². The first-order chi connectivity index (χ1) is 16.6.